The number of aromatic nitrogens is 5. The molecule has 0 bridgehead atoms. The third-order valence-electron chi connectivity index (χ3n) is 4.24. The zero-order chi connectivity index (χ0) is 15.7. The molecule has 3 rings (SSSR count). The second-order valence-electron chi connectivity index (χ2n) is 5.89. The molecule has 2 aromatic rings. The highest BCUT2D eigenvalue weighted by molar-refractivity contribution is 5.80. The van der Waals surface area contributed by atoms with Crippen molar-refractivity contribution in [3.63, 3.8) is 0 Å². The third kappa shape index (κ3) is 2.75. The van der Waals surface area contributed by atoms with Gasteiger partial charge < -0.3 is 4.90 Å². The summed E-state index contributed by atoms with van der Waals surface area (Å²) in [6, 6.07) is 1.78. The fourth-order valence-corrected chi connectivity index (χ4v) is 3.12. The molecular weight excluding hydrogens is 280 g/mol. The number of rotatable bonds is 3. The molecule has 0 saturated carbocycles. The molecule has 1 saturated heterocycles. The molecule has 7 heteroatoms. The minimum absolute atomic E-state index is 0.114. The van der Waals surface area contributed by atoms with E-state index in [1.807, 2.05) is 42.6 Å². The molecule has 1 amide bonds. The number of amides is 1. The van der Waals surface area contributed by atoms with Crippen molar-refractivity contribution in [1.82, 2.24) is 29.4 Å². The van der Waals surface area contributed by atoms with Crippen LogP contribution < -0.4 is 0 Å². The highest BCUT2D eigenvalue weighted by Crippen LogP contribution is 2.24. The third-order valence-corrected chi connectivity index (χ3v) is 4.24. The van der Waals surface area contributed by atoms with Crippen LogP contribution in [0.15, 0.2) is 18.5 Å². The van der Waals surface area contributed by atoms with E-state index in [4.69, 9.17) is 0 Å². The standard InChI is InChI=1S/C15H22N6O/c1-11(20-9-5-7-16-20)15(22)19-8-4-6-14(10-19)21-13(3)17-12(2)18-21/h5,7,9,11,14H,4,6,8,10H2,1-3H3. The van der Waals surface area contributed by atoms with Crippen molar-refractivity contribution in [1.29, 1.82) is 0 Å². The van der Waals surface area contributed by atoms with E-state index >= 15 is 0 Å². The number of carbonyl (C=O) groups is 1. The highest BCUT2D eigenvalue weighted by Gasteiger charge is 2.29. The molecular formula is C15H22N6O. The Balaban J connectivity index is 1.73. The first-order valence-corrected chi connectivity index (χ1v) is 7.74. The van der Waals surface area contributed by atoms with Gasteiger partial charge in [0.15, 0.2) is 0 Å². The molecule has 7 nitrogen and oxygen atoms in total. The minimum Gasteiger partial charge on any atom is -0.339 e. The molecule has 2 atom stereocenters. The Hall–Kier alpha value is -2.18. The van der Waals surface area contributed by atoms with E-state index in [0.29, 0.717) is 6.54 Å². The fourth-order valence-electron chi connectivity index (χ4n) is 3.12. The summed E-state index contributed by atoms with van der Waals surface area (Å²) < 4.78 is 3.67. The van der Waals surface area contributed by atoms with E-state index in [1.54, 1.807) is 10.9 Å². The summed E-state index contributed by atoms with van der Waals surface area (Å²) in [6.45, 7) is 7.24. The van der Waals surface area contributed by atoms with E-state index < -0.39 is 0 Å². The number of hydrogen-bond acceptors (Lipinski definition) is 4. The normalized spacial score (nSPS) is 20.1. The van der Waals surface area contributed by atoms with Crippen LogP contribution in [0.1, 0.15) is 43.5 Å². The minimum atomic E-state index is -0.271. The Labute approximate surface area is 129 Å². The Bertz CT molecular complexity index is 647. The summed E-state index contributed by atoms with van der Waals surface area (Å²) >= 11 is 0. The number of carbonyl (C=O) groups excluding carboxylic acids is 1. The van der Waals surface area contributed by atoms with Crippen LogP contribution in [0, 0.1) is 13.8 Å². The van der Waals surface area contributed by atoms with Gasteiger partial charge in [0.1, 0.15) is 17.7 Å². The number of aryl methyl sites for hydroxylation is 2. The van der Waals surface area contributed by atoms with Gasteiger partial charge >= 0.3 is 0 Å². The monoisotopic (exact) mass is 302 g/mol. The van der Waals surface area contributed by atoms with Crippen molar-refractivity contribution in [3.05, 3.63) is 30.1 Å². The fraction of sp³-hybridized carbons (Fsp3) is 0.600. The van der Waals surface area contributed by atoms with Crippen molar-refractivity contribution in [3.8, 4) is 0 Å². The van der Waals surface area contributed by atoms with Gasteiger partial charge in [-0.1, -0.05) is 0 Å². The quantitative estimate of drug-likeness (QED) is 0.862. The lowest BCUT2D eigenvalue weighted by Crippen LogP contribution is -2.44. The van der Waals surface area contributed by atoms with Gasteiger partial charge in [-0.05, 0) is 39.7 Å². The zero-order valence-electron chi connectivity index (χ0n) is 13.3. The molecule has 1 aliphatic rings. The Morgan fingerprint density at radius 1 is 1.41 bits per heavy atom. The van der Waals surface area contributed by atoms with E-state index in [1.165, 1.54) is 0 Å². The Morgan fingerprint density at radius 2 is 2.23 bits per heavy atom. The molecule has 1 aliphatic heterocycles. The molecule has 0 spiro atoms. The van der Waals surface area contributed by atoms with E-state index in [0.717, 1.165) is 31.0 Å². The average Bonchev–Trinajstić information content (AvgIpc) is 3.15. The predicted molar refractivity (Wildman–Crippen MR) is 81.3 cm³/mol. The first kappa shape index (κ1) is 14.7. The molecule has 3 heterocycles. The van der Waals surface area contributed by atoms with Crippen molar-refractivity contribution >= 4 is 5.91 Å². The Morgan fingerprint density at radius 3 is 2.86 bits per heavy atom. The molecule has 0 radical (unpaired) electrons. The lowest BCUT2D eigenvalue weighted by atomic mass is 10.0. The molecule has 2 unspecified atom stereocenters. The topological polar surface area (TPSA) is 68.8 Å². The van der Waals surface area contributed by atoms with Gasteiger partial charge in [0.2, 0.25) is 5.91 Å². The van der Waals surface area contributed by atoms with Crippen LogP contribution in [0.2, 0.25) is 0 Å². The van der Waals surface area contributed by atoms with Crippen LogP contribution in [-0.2, 0) is 4.79 Å². The zero-order valence-corrected chi connectivity index (χ0v) is 13.3. The van der Waals surface area contributed by atoms with Crippen molar-refractivity contribution in [2.24, 2.45) is 0 Å². The second-order valence-corrected chi connectivity index (χ2v) is 5.89. The number of hydrogen-bond donors (Lipinski definition) is 0. The number of piperidine rings is 1. The molecule has 2 aromatic heterocycles. The van der Waals surface area contributed by atoms with E-state index in [-0.39, 0.29) is 18.0 Å². The SMILES string of the molecule is Cc1nc(C)n(C2CCCN(C(=O)C(C)n3cccn3)C2)n1. The molecule has 1 fully saturated rings. The average molecular weight is 302 g/mol. The van der Waals surface area contributed by atoms with Crippen molar-refractivity contribution < 1.29 is 4.79 Å². The van der Waals surface area contributed by atoms with Gasteiger partial charge in [0.05, 0.1) is 6.04 Å². The van der Waals surface area contributed by atoms with Crippen molar-refractivity contribution in [2.75, 3.05) is 13.1 Å². The molecule has 22 heavy (non-hydrogen) atoms. The number of likely N-dealkylation sites (tertiary alicyclic amines) is 1. The van der Waals surface area contributed by atoms with Crippen LogP contribution in [-0.4, -0.2) is 48.4 Å². The Kier molecular flexibility index (Phi) is 3.96. The lowest BCUT2D eigenvalue weighted by Gasteiger charge is -2.34. The summed E-state index contributed by atoms with van der Waals surface area (Å²) in [5.41, 5.74) is 0. The van der Waals surface area contributed by atoms with Gasteiger partial charge in [0, 0.05) is 25.5 Å². The van der Waals surface area contributed by atoms with Crippen LogP contribution >= 0.6 is 0 Å². The number of nitrogens with zero attached hydrogens (tertiary/aromatic N) is 6. The lowest BCUT2D eigenvalue weighted by molar-refractivity contribution is -0.136. The summed E-state index contributed by atoms with van der Waals surface area (Å²) in [7, 11) is 0. The largest absolute Gasteiger partial charge is 0.339 e. The van der Waals surface area contributed by atoms with Crippen molar-refractivity contribution in [2.45, 2.75) is 45.7 Å². The molecule has 118 valence electrons. The van der Waals surface area contributed by atoms with E-state index in [9.17, 15) is 4.79 Å². The van der Waals surface area contributed by atoms with Crippen LogP contribution in [0.4, 0.5) is 0 Å². The molecule has 0 aliphatic carbocycles. The maximum Gasteiger partial charge on any atom is 0.247 e. The summed E-state index contributed by atoms with van der Waals surface area (Å²) in [5.74, 6) is 1.81. The molecule has 0 aromatic carbocycles. The van der Waals surface area contributed by atoms with Gasteiger partial charge in [0.25, 0.3) is 0 Å². The maximum atomic E-state index is 12.7. The smallest absolute Gasteiger partial charge is 0.247 e. The first-order chi connectivity index (χ1) is 10.6. The maximum absolute atomic E-state index is 12.7. The van der Waals surface area contributed by atoms with Crippen LogP contribution in [0.25, 0.3) is 0 Å². The molecule has 0 N–H and O–H groups in total. The van der Waals surface area contributed by atoms with Crippen LogP contribution in [0.3, 0.4) is 0 Å². The summed E-state index contributed by atoms with van der Waals surface area (Å²) in [6.07, 6.45) is 5.55. The van der Waals surface area contributed by atoms with Gasteiger partial charge in [-0.2, -0.15) is 10.2 Å². The summed E-state index contributed by atoms with van der Waals surface area (Å²) in [4.78, 5) is 19.0. The van der Waals surface area contributed by atoms with Gasteiger partial charge in [-0.15, -0.1) is 0 Å². The van der Waals surface area contributed by atoms with Crippen LogP contribution in [0.5, 0.6) is 0 Å². The summed E-state index contributed by atoms with van der Waals surface area (Å²) in [5, 5.41) is 8.64. The first-order valence-electron chi connectivity index (χ1n) is 7.74. The van der Waals surface area contributed by atoms with E-state index in [2.05, 4.69) is 15.2 Å². The van der Waals surface area contributed by atoms with Gasteiger partial charge in [-0.3, -0.25) is 9.48 Å². The second kappa shape index (κ2) is 5.90. The highest BCUT2D eigenvalue weighted by atomic mass is 16.2. The predicted octanol–water partition coefficient (Wildman–Crippen LogP) is 1.52. The van der Waals surface area contributed by atoms with Gasteiger partial charge in [-0.25, -0.2) is 9.67 Å².